The Bertz CT molecular complexity index is 1270. The predicted octanol–water partition coefficient (Wildman–Crippen LogP) is 9.03. The molecule has 252 valence electrons. The van der Waals surface area contributed by atoms with Gasteiger partial charge >= 0.3 is 11.9 Å². The monoisotopic (exact) mass is 658 g/mol. The van der Waals surface area contributed by atoms with Crippen molar-refractivity contribution in [3.8, 4) is 0 Å². The zero-order valence-electron chi connectivity index (χ0n) is 29.4. The molecule has 0 aromatic carbocycles. The van der Waals surface area contributed by atoms with Crippen molar-refractivity contribution in [1.82, 2.24) is 0 Å². The second kappa shape index (κ2) is 11.6. The number of hydrogen-bond donors (Lipinski definition) is 0. The Labute approximate surface area is 280 Å². The minimum absolute atomic E-state index is 0.0170. The first-order chi connectivity index (χ1) is 21.0. The molecule has 0 bridgehead atoms. The van der Waals surface area contributed by atoms with Crippen LogP contribution in [0.5, 0.6) is 0 Å². The molecule has 0 amide bonds. The van der Waals surface area contributed by atoms with E-state index in [9.17, 15) is 14.4 Å². The molecule has 45 heavy (non-hydrogen) atoms. The first-order valence-corrected chi connectivity index (χ1v) is 20.0. The molecule has 5 nitrogen and oxygen atoms in total. The van der Waals surface area contributed by atoms with Crippen LogP contribution in [0, 0.1) is 50.7 Å². The standard InChI is InChI=1S/C38H58O5S2/c1-22(2)30-26(41)21-38(32(43-24(4)40)33-44-19-10-20-45-33)18-17-36(8)25(31(30)38)11-12-28-35(7)15-14-29(42-23(3)39)34(5,6)27(35)13-16-37(28,36)9/h22,25,27-29,32-33H,10-21H2,1-9H3/t25-,27+,28-,29+,32?,35+,36-,37-,38-/m1/s1. The van der Waals surface area contributed by atoms with Crippen molar-refractivity contribution in [3.05, 3.63) is 11.1 Å². The molecule has 1 unspecified atom stereocenters. The number of hydrogen-bond acceptors (Lipinski definition) is 7. The number of carbonyl (C=O) groups excluding carboxylic acids is 3. The van der Waals surface area contributed by atoms with Crippen LogP contribution in [-0.4, -0.2) is 46.0 Å². The van der Waals surface area contributed by atoms with Gasteiger partial charge < -0.3 is 9.47 Å². The molecule has 1 heterocycles. The minimum Gasteiger partial charge on any atom is -0.462 e. The fraction of sp³-hybridized carbons (Fsp3) is 0.868. The summed E-state index contributed by atoms with van der Waals surface area (Å²) in [6, 6.07) is 0. The topological polar surface area (TPSA) is 69.7 Å². The van der Waals surface area contributed by atoms with E-state index in [2.05, 4.69) is 48.5 Å². The first kappa shape index (κ1) is 33.9. The summed E-state index contributed by atoms with van der Waals surface area (Å²) in [5.74, 6) is 3.70. The number of rotatable bonds is 5. The Hall–Kier alpha value is -0.950. The lowest BCUT2D eigenvalue weighted by Crippen LogP contribution is -2.66. The summed E-state index contributed by atoms with van der Waals surface area (Å²) in [5, 5.41) is 0. The number of fused-ring (bicyclic) bond motifs is 7. The molecular weight excluding hydrogens is 601 g/mol. The van der Waals surface area contributed by atoms with Crippen LogP contribution in [0.25, 0.3) is 0 Å². The van der Waals surface area contributed by atoms with Crippen molar-refractivity contribution < 1.29 is 23.9 Å². The zero-order chi connectivity index (χ0) is 32.7. The minimum atomic E-state index is -0.386. The maximum atomic E-state index is 14.2. The van der Waals surface area contributed by atoms with Crippen molar-refractivity contribution in [2.45, 2.75) is 143 Å². The predicted molar refractivity (Wildman–Crippen MR) is 184 cm³/mol. The van der Waals surface area contributed by atoms with Gasteiger partial charge in [-0.2, -0.15) is 0 Å². The SMILES string of the molecule is CC(=O)OC(C1SCCCS1)[C@@]12CC[C@]3(C)[C@H](CC[C@@H]4[C@@]5(C)CC[C@H](OC(C)=O)C(C)(C)[C@@H]5CC[C@]43C)C1=C(C(C)C)C(=O)C2. The number of esters is 2. The van der Waals surface area contributed by atoms with E-state index >= 15 is 0 Å². The summed E-state index contributed by atoms with van der Waals surface area (Å²) in [5.41, 5.74) is 2.42. The highest BCUT2D eigenvalue weighted by atomic mass is 32.2. The molecule has 6 rings (SSSR count). The van der Waals surface area contributed by atoms with Crippen LogP contribution in [0.4, 0.5) is 0 Å². The van der Waals surface area contributed by atoms with Crippen LogP contribution in [0.1, 0.15) is 127 Å². The highest BCUT2D eigenvalue weighted by molar-refractivity contribution is 8.17. The molecule has 0 spiro atoms. The summed E-state index contributed by atoms with van der Waals surface area (Å²) in [7, 11) is 0. The fourth-order valence-electron chi connectivity index (χ4n) is 12.7. The molecular formula is C38H58O5S2. The van der Waals surface area contributed by atoms with Crippen LogP contribution < -0.4 is 0 Å². The van der Waals surface area contributed by atoms with E-state index in [4.69, 9.17) is 9.47 Å². The van der Waals surface area contributed by atoms with Gasteiger partial charge in [-0.3, -0.25) is 14.4 Å². The van der Waals surface area contributed by atoms with Crippen molar-refractivity contribution in [2.24, 2.45) is 50.7 Å². The Morgan fingerprint density at radius 1 is 0.822 bits per heavy atom. The number of ether oxygens (including phenoxy) is 2. The van der Waals surface area contributed by atoms with Gasteiger partial charge in [0.25, 0.3) is 0 Å². The smallest absolute Gasteiger partial charge is 0.303 e. The molecule has 1 aliphatic heterocycles. The van der Waals surface area contributed by atoms with E-state index < -0.39 is 0 Å². The van der Waals surface area contributed by atoms with E-state index in [1.807, 2.05) is 23.5 Å². The van der Waals surface area contributed by atoms with Crippen LogP contribution in [0.2, 0.25) is 0 Å². The fourth-order valence-corrected chi connectivity index (χ4v) is 15.9. The average molecular weight is 659 g/mol. The molecule has 0 radical (unpaired) electrons. The van der Waals surface area contributed by atoms with Crippen molar-refractivity contribution >= 4 is 41.2 Å². The maximum absolute atomic E-state index is 14.2. The Balaban J connectivity index is 1.42. The molecule has 0 aromatic rings. The van der Waals surface area contributed by atoms with Gasteiger partial charge in [-0.05, 0) is 120 Å². The van der Waals surface area contributed by atoms with Crippen molar-refractivity contribution in [1.29, 1.82) is 0 Å². The third-order valence-corrected chi connectivity index (χ3v) is 17.7. The molecule has 5 aliphatic carbocycles. The highest BCUT2D eigenvalue weighted by Gasteiger charge is 2.71. The third-order valence-electron chi connectivity index (χ3n) is 14.7. The molecule has 1 saturated heterocycles. The number of carbonyl (C=O) groups is 3. The molecule has 6 aliphatic rings. The number of ketones is 1. The first-order valence-electron chi connectivity index (χ1n) is 17.9. The molecule has 9 atom stereocenters. The van der Waals surface area contributed by atoms with Crippen molar-refractivity contribution in [2.75, 3.05) is 11.5 Å². The van der Waals surface area contributed by atoms with Crippen molar-refractivity contribution in [3.63, 3.8) is 0 Å². The third kappa shape index (κ3) is 4.95. The summed E-state index contributed by atoms with van der Waals surface area (Å²) in [6.07, 6.45) is 10.1. The molecule has 5 fully saturated rings. The Morgan fingerprint density at radius 3 is 2.13 bits per heavy atom. The Kier molecular flexibility index (Phi) is 8.74. The van der Waals surface area contributed by atoms with Crippen LogP contribution >= 0.6 is 23.5 Å². The van der Waals surface area contributed by atoms with Gasteiger partial charge in [0, 0.05) is 31.1 Å². The normalized spacial score (nSPS) is 43.6. The maximum Gasteiger partial charge on any atom is 0.303 e. The molecule has 4 saturated carbocycles. The van der Waals surface area contributed by atoms with E-state index in [1.54, 1.807) is 13.8 Å². The number of thioether (sulfide) groups is 2. The summed E-state index contributed by atoms with van der Waals surface area (Å²) < 4.78 is 12.5. The van der Waals surface area contributed by atoms with Gasteiger partial charge in [-0.15, -0.1) is 23.5 Å². The zero-order valence-corrected chi connectivity index (χ0v) is 31.0. The second-order valence-corrected chi connectivity index (χ2v) is 20.1. The quantitative estimate of drug-likeness (QED) is 0.273. The van der Waals surface area contributed by atoms with Gasteiger partial charge in [-0.25, -0.2) is 0 Å². The van der Waals surface area contributed by atoms with Gasteiger partial charge in [0.1, 0.15) is 12.2 Å². The highest BCUT2D eigenvalue weighted by Crippen LogP contribution is 2.77. The number of Topliss-reactive ketones (excluding diaryl/α,β-unsaturated/α-hetero) is 1. The van der Waals surface area contributed by atoms with Crippen LogP contribution in [-0.2, 0) is 23.9 Å². The lowest BCUT2D eigenvalue weighted by Gasteiger charge is -2.72. The summed E-state index contributed by atoms with van der Waals surface area (Å²) in [4.78, 5) is 39.0. The van der Waals surface area contributed by atoms with Crippen LogP contribution in [0.15, 0.2) is 11.1 Å². The van der Waals surface area contributed by atoms with E-state index in [-0.39, 0.29) is 61.7 Å². The summed E-state index contributed by atoms with van der Waals surface area (Å²) in [6.45, 7) is 20.0. The molecule has 7 heteroatoms. The van der Waals surface area contributed by atoms with Gasteiger partial charge in [-0.1, -0.05) is 48.5 Å². The van der Waals surface area contributed by atoms with Gasteiger partial charge in [0.2, 0.25) is 0 Å². The van der Waals surface area contributed by atoms with Gasteiger partial charge in [0.15, 0.2) is 5.78 Å². The van der Waals surface area contributed by atoms with E-state index in [0.29, 0.717) is 30.0 Å². The lowest BCUT2D eigenvalue weighted by atomic mass is 9.33. The largest absolute Gasteiger partial charge is 0.462 e. The lowest BCUT2D eigenvalue weighted by molar-refractivity contribution is -0.234. The molecule has 0 N–H and O–H groups in total. The summed E-state index contributed by atoms with van der Waals surface area (Å²) >= 11 is 3.89. The van der Waals surface area contributed by atoms with E-state index in [0.717, 1.165) is 55.6 Å². The second-order valence-electron chi connectivity index (χ2n) is 17.3. The van der Waals surface area contributed by atoms with Gasteiger partial charge in [0.05, 0.1) is 4.58 Å². The Morgan fingerprint density at radius 2 is 1.51 bits per heavy atom. The molecule has 0 aromatic heterocycles. The number of allylic oxidation sites excluding steroid dienone is 1. The van der Waals surface area contributed by atoms with Crippen LogP contribution in [0.3, 0.4) is 0 Å². The average Bonchev–Trinajstić information content (AvgIpc) is 3.27. The van der Waals surface area contributed by atoms with E-state index in [1.165, 1.54) is 24.8 Å².